The lowest BCUT2D eigenvalue weighted by Gasteiger charge is -2.30. The highest BCUT2D eigenvalue weighted by atomic mass is 16.2. The van der Waals surface area contributed by atoms with E-state index in [0.717, 1.165) is 24.3 Å². The zero-order chi connectivity index (χ0) is 15.9. The summed E-state index contributed by atoms with van der Waals surface area (Å²) in [6, 6.07) is 4.96. The van der Waals surface area contributed by atoms with Crippen LogP contribution in [0, 0.1) is 0 Å². The van der Waals surface area contributed by atoms with Gasteiger partial charge in [0.05, 0.1) is 11.1 Å². The number of amides is 3. The number of imide groups is 1. The third-order valence-corrected chi connectivity index (χ3v) is 4.43. The Kier molecular flexibility index (Phi) is 3.70. The first-order valence-corrected chi connectivity index (χ1v) is 7.49. The Hall–Kier alpha value is -2.21. The van der Waals surface area contributed by atoms with Crippen LogP contribution in [0.5, 0.6) is 0 Å². The summed E-state index contributed by atoms with van der Waals surface area (Å²) in [4.78, 5) is 37.3. The van der Waals surface area contributed by atoms with Crippen molar-refractivity contribution in [3.05, 3.63) is 34.9 Å². The molecule has 2 unspecified atom stereocenters. The van der Waals surface area contributed by atoms with E-state index in [-0.39, 0.29) is 29.8 Å². The first-order chi connectivity index (χ1) is 10.5. The van der Waals surface area contributed by atoms with Crippen LogP contribution in [-0.4, -0.2) is 48.3 Å². The molecule has 3 rings (SSSR count). The zero-order valence-electron chi connectivity index (χ0n) is 12.7. The molecule has 0 aromatic heterocycles. The number of fused-ring (bicyclic) bond motifs is 1. The summed E-state index contributed by atoms with van der Waals surface area (Å²) >= 11 is 0. The van der Waals surface area contributed by atoms with Crippen molar-refractivity contribution in [3.63, 3.8) is 0 Å². The number of carbonyl (C=O) groups excluding carboxylic acids is 3. The summed E-state index contributed by atoms with van der Waals surface area (Å²) in [5.74, 6) is -0.891. The van der Waals surface area contributed by atoms with Gasteiger partial charge in [0.25, 0.3) is 17.7 Å². The van der Waals surface area contributed by atoms with Crippen molar-refractivity contribution < 1.29 is 14.4 Å². The maximum Gasteiger partial charge on any atom is 0.261 e. The summed E-state index contributed by atoms with van der Waals surface area (Å²) in [5, 5.41) is 6.33. The number of piperidine rings is 1. The zero-order valence-corrected chi connectivity index (χ0v) is 12.7. The topological polar surface area (TPSA) is 78.5 Å². The third kappa shape index (κ3) is 2.39. The second-order valence-electron chi connectivity index (χ2n) is 5.89. The van der Waals surface area contributed by atoms with E-state index in [1.807, 2.05) is 6.92 Å². The number of hydrogen-bond donors (Lipinski definition) is 2. The van der Waals surface area contributed by atoms with Gasteiger partial charge in [0.1, 0.15) is 0 Å². The predicted octanol–water partition coefficient (Wildman–Crippen LogP) is 0.783. The minimum Gasteiger partial charge on any atom is -0.348 e. The summed E-state index contributed by atoms with van der Waals surface area (Å²) in [5.41, 5.74) is 1.07. The summed E-state index contributed by atoms with van der Waals surface area (Å²) in [6.45, 7) is 3.01. The monoisotopic (exact) mass is 301 g/mol. The van der Waals surface area contributed by atoms with Gasteiger partial charge in [-0.05, 0) is 44.5 Å². The van der Waals surface area contributed by atoms with Crippen LogP contribution in [-0.2, 0) is 0 Å². The van der Waals surface area contributed by atoms with Crippen LogP contribution in [0.15, 0.2) is 18.2 Å². The summed E-state index contributed by atoms with van der Waals surface area (Å²) in [7, 11) is 1.44. The molecule has 22 heavy (non-hydrogen) atoms. The van der Waals surface area contributed by atoms with Gasteiger partial charge in [0, 0.05) is 24.7 Å². The lowest BCUT2D eigenvalue weighted by molar-refractivity contribution is 0.0693. The standard InChI is InChI=1S/C16H19N3O3/c1-9-13(4-3-7-17-9)18-14(20)10-5-6-11-12(8-10)16(22)19(2)15(11)21/h5-6,8-9,13,17H,3-4,7H2,1-2H3,(H,18,20). The van der Waals surface area contributed by atoms with Crippen molar-refractivity contribution in [1.29, 1.82) is 0 Å². The summed E-state index contributed by atoms with van der Waals surface area (Å²) < 4.78 is 0. The van der Waals surface area contributed by atoms with Gasteiger partial charge in [0.2, 0.25) is 0 Å². The average Bonchev–Trinajstić information content (AvgIpc) is 2.74. The predicted molar refractivity (Wildman–Crippen MR) is 80.8 cm³/mol. The smallest absolute Gasteiger partial charge is 0.261 e. The number of carbonyl (C=O) groups is 3. The summed E-state index contributed by atoms with van der Waals surface area (Å²) in [6.07, 6.45) is 1.96. The molecule has 2 heterocycles. The maximum absolute atomic E-state index is 12.4. The van der Waals surface area contributed by atoms with E-state index in [9.17, 15) is 14.4 Å². The Bertz CT molecular complexity index is 656. The number of nitrogens with zero attached hydrogens (tertiary/aromatic N) is 1. The van der Waals surface area contributed by atoms with Gasteiger partial charge < -0.3 is 10.6 Å². The fourth-order valence-electron chi connectivity index (χ4n) is 3.00. The molecule has 3 amide bonds. The molecule has 0 aliphatic carbocycles. The van der Waals surface area contributed by atoms with E-state index in [1.165, 1.54) is 13.1 Å². The van der Waals surface area contributed by atoms with Crippen molar-refractivity contribution in [3.8, 4) is 0 Å². The van der Waals surface area contributed by atoms with Crippen molar-refractivity contribution in [2.45, 2.75) is 31.8 Å². The average molecular weight is 301 g/mol. The molecule has 1 fully saturated rings. The molecule has 6 nitrogen and oxygen atoms in total. The van der Waals surface area contributed by atoms with Gasteiger partial charge in [-0.25, -0.2) is 0 Å². The molecule has 1 saturated heterocycles. The molecule has 2 aliphatic heterocycles. The molecule has 6 heteroatoms. The molecule has 0 saturated carbocycles. The lowest BCUT2D eigenvalue weighted by Crippen LogP contribution is -2.51. The molecule has 0 bridgehead atoms. The molecule has 0 radical (unpaired) electrons. The quantitative estimate of drug-likeness (QED) is 0.791. The fourth-order valence-corrected chi connectivity index (χ4v) is 3.00. The SMILES string of the molecule is CC1NCCCC1NC(=O)c1ccc2c(c1)C(=O)N(C)C2=O. The van der Waals surface area contributed by atoms with Crippen molar-refractivity contribution in [1.82, 2.24) is 15.5 Å². The molecular weight excluding hydrogens is 282 g/mol. The normalized spacial score (nSPS) is 24.4. The molecular formula is C16H19N3O3. The minimum atomic E-state index is -0.359. The second-order valence-corrected chi connectivity index (χ2v) is 5.89. The number of rotatable bonds is 2. The molecule has 0 spiro atoms. The van der Waals surface area contributed by atoms with E-state index >= 15 is 0 Å². The molecule has 1 aromatic carbocycles. The van der Waals surface area contributed by atoms with E-state index in [2.05, 4.69) is 10.6 Å². The van der Waals surface area contributed by atoms with Crippen molar-refractivity contribution in [2.24, 2.45) is 0 Å². The Morgan fingerprint density at radius 2 is 2.00 bits per heavy atom. The molecule has 2 atom stereocenters. The van der Waals surface area contributed by atoms with Gasteiger partial charge in [-0.1, -0.05) is 0 Å². The highest BCUT2D eigenvalue weighted by Gasteiger charge is 2.33. The van der Waals surface area contributed by atoms with E-state index < -0.39 is 0 Å². The molecule has 2 N–H and O–H groups in total. The van der Waals surface area contributed by atoms with Crippen molar-refractivity contribution in [2.75, 3.05) is 13.6 Å². The van der Waals surface area contributed by atoms with Crippen LogP contribution in [0.25, 0.3) is 0 Å². The number of hydrogen-bond acceptors (Lipinski definition) is 4. The van der Waals surface area contributed by atoms with Crippen LogP contribution in [0.1, 0.15) is 50.8 Å². The highest BCUT2D eigenvalue weighted by Crippen LogP contribution is 2.23. The Morgan fingerprint density at radius 1 is 1.27 bits per heavy atom. The third-order valence-electron chi connectivity index (χ3n) is 4.43. The first-order valence-electron chi connectivity index (χ1n) is 7.49. The molecule has 116 valence electrons. The van der Waals surface area contributed by atoms with Crippen LogP contribution >= 0.6 is 0 Å². The van der Waals surface area contributed by atoms with Gasteiger partial charge in [0.15, 0.2) is 0 Å². The Balaban J connectivity index is 1.80. The van der Waals surface area contributed by atoms with Crippen molar-refractivity contribution >= 4 is 17.7 Å². The largest absolute Gasteiger partial charge is 0.348 e. The first kappa shape index (κ1) is 14.7. The highest BCUT2D eigenvalue weighted by molar-refractivity contribution is 6.21. The van der Waals surface area contributed by atoms with Crippen LogP contribution in [0.3, 0.4) is 0 Å². The Labute approximate surface area is 128 Å². The van der Waals surface area contributed by atoms with Crippen LogP contribution < -0.4 is 10.6 Å². The Morgan fingerprint density at radius 3 is 2.73 bits per heavy atom. The van der Waals surface area contributed by atoms with Crippen LogP contribution in [0.4, 0.5) is 0 Å². The van der Waals surface area contributed by atoms with Gasteiger partial charge >= 0.3 is 0 Å². The minimum absolute atomic E-state index is 0.0783. The fraction of sp³-hybridized carbons (Fsp3) is 0.438. The number of benzene rings is 1. The maximum atomic E-state index is 12.4. The second kappa shape index (κ2) is 5.53. The molecule has 1 aromatic rings. The lowest BCUT2D eigenvalue weighted by atomic mass is 9.99. The van der Waals surface area contributed by atoms with Gasteiger partial charge in [-0.15, -0.1) is 0 Å². The van der Waals surface area contributed by atoms with Gasteiger partial charge in [-0.2, -0.15) is 0 Å². The number of nitrogens with one attached hydrogen (secondary N) is 2. The van der Waals surface area contributed by atoms with E-state index in [4.69, 9.17) is 0 Å². The van der Waals surface area contributed by atoms with E-state index in [0.29, 0.717) is 16.7 Å². The van der Waals surface area contributed by atoms with Gasteiger partial charge in [-0.3, -0.25) is 19.3 Å². The van der Waals surface area contributed by atoms with E-state index in [1.54, 1.807) is 12.1 Å². The van der Waals surface area contributed by atoms with Crippen LogP contribution in [0.2, 0.25) is 0 Å². The molecule has 2 aliphatic rings.